The maximum atomic E-state index is 13.1. The van der Waals surface area contributed by atoms with Crippen LogP contribution in [0.5, 0.6) is 0 Å². The van der Waals surface area contributed by atoms with E-state index in [-0.39, 0.29) is 23.0 Å². The third-order valence-electron chi connectivity index (χ3n) is 4.82. The van der Waals surface area contributed by atoms with Gasteiger partial charge in [-0.2, -0.15) is 0 Å². The van der Waals surface area contributed by atoms with Crippen LogP contribution < -0.4 is 11.2 Å². The molecule has 8 nitrogen and oxygen atoms in total. The predicted molar refractivity (Wildman–Crippen MR) is 97.8 cm³/mol. The van der Waals surface area contributed by atoms with Crippen LogP contribution in [0.4, 0.5) is 4.39 Å². The van der Waals surface area contributed by atoms with Gasteiger partial charge in [-0.3, -0.25) is 14.2 Å². The van der Waals surface area contributed by atoms with Gasteiger partial charge in [0.15, 0.2) is 11.2 Å². The summed E-state index contributed by atoms with van der Waals surface area (Å²) < 4.78 is 16.8. The first-order valence-corrected chi connectivity index (χ1v) is 8.34. The molecule has 1 atom stereocenters. The highest BCUT2D eigenvalue weighted by molar-refractivity contribution is 5.77. The molecule has 1 amide bonds. The van der Waals surface area contributed by atoms with Crippen molar-refractivity contribution in [2.75, 3.05) is 7.05 Å². The Balaban J connectivity index is 1.94. The van der Waals surface area contributed by atoms with Crippen LogP contribution in [0.2, 0.25) is 0 Å². The predicted octanol–water partition coefficient (Wildman–Crippen LogP) is 0.792. The Bertz CT molecular complexity index is 1130. The maximum Gasteiger partial charge on any atom is 0.332 e. The fourth-order valence-electron chi connectivity index (χ4n) is 2.96. The lowest BCUT2D eigenvalue weighted by atomic mass is 10.1. The van der Waals surface area contributed by atoms with Crippen molar-refractivity contribution in [1.82, 2.24) is 23.6 Å². The van der Waals surface area contributed by atoms with E-state index in [0.29, 0.717) is 0 Å². The third kappa shape index (κ3) is 3.16. The van der Waals surface area contributed by atoms with E-state index in [4.69, 9.17) is 0 Å². The van der Waals surface area contributed by atoms with Crippen molar-refractivity contribution in [3.8, 4) is 0 Å². The second kappa shape index (κ2) is 6.82. The maximum absolute atomic E-state index is 13.1. The smallest absolute Gasteiger partial charge is 0.332 e. The zero-order valence-corrected chi connectivity index (χ0v) is 15.5. The summed E-state index contributed by atoms with van der Waals surface area (Å²) >= 11 is 0. The number of carbonyl (C=O) groups excluding carboxylic acids is 1. The largest absolute Gasteiger partial charge is 0.337 e. The van der Waals surface area contributed by atoms with Crippen LogP contribution in [0, 0.1) is 5.82 Å². The number of rotatable bonds is 4. The van der Waals surface area contributed by atoms with Gasteiger partial charge in [0.1, 0.15) is 12.4 Å². The van der Waals surface area contributed by atoms with Gasteiger partial charge in [-0.05, 0) is 24.6 Å². The number of imidazole rings is 1. The first-order valence-electron chi connectivity index (χ1n) is 8.34. The average molecular weight is 373 g/mol. The van der Waals surface area contributed by atoms with E-state index < -0.39 is 23.7 Å². The number of aromatic nitrogens is 4. The molecule has 0 aliphatic heterocycles. The van der Waals surface area contributed by atoms with E-state index in [1.807, 2.05) is 0 Å². The van der Waals surface area contributed by atoms with Crippen molar-refractivity contribution in [3.05, 3.63) is 62.8 Å². The number of benzene rings is 1. The highest BCUT2D eigenvalue weighted by Crippen LogP contribution is 2.19. The number of carbonyl (C=O) groups is 1. The molecule has 0 saturated carbocycles. The van der Waals surface area contributed by atoms with Crippen LogP contribution >= 0.6 is 0 Å². The lowest BCUT2D eigenvalue weighted by Crippen LogP contribution is -2.44. The summed E-state index contributed by atoms with van der Waals surface area (Å²) in [5, 5.41) is 0. The normalized spacial score (nSPS) is 12.3. The molecule has 0 saturated heterocycles. The Morgan fingerprint density at radius 3 is 2.48 bits per heavy atom. The van der Waals surface area contributed by atoms with E-state index in [0.717, 1.165) is 10.1 Å². The van der Waals surface area contributed by atoms with E-state index >= 15 is 0 Å². The van der Waals surface area contributed by atoms with Gasteiger partial charge >= 0.3 is 5.69 Å². The molecule has 9 heteroatoms. The minimum absolute atomic E-state index is 0.249. The van der Waals surface area contributed by atoms with Crippen molar-refractivity contribution in [3.63, 3.8) is 0 Å². The highest BCUT2D eigenvalue weighted by atomic mass is 19.1. The first-order chi connectivity index (χ1) is 12.7. The van der Waals surface area contributed by atoms with Crippen molar-refractivity contribution >= 4 is 17.1 Å². The van der Waals surface area contributed by atoms with Gasteiger partial charge in [0, 0.05) is 21.1 Å². The Morgan fingerprint density at radius 2 is 1.85 bits per heavy atom. The SMILES string of the molecule is C[C@@H](c1ccc(F)cc1)N(C)C(=O)Cn1c(=O)c2c(ncn2C)n(C)c1=O. The Labute approximate surface area is 154 Å². The molecular weight excluding hydrogens is 353 g/mol. The number of halogens is 1. The summed E-state index contributed by atoms with van der Waals surface area (Å²) in [6, 6.07) is 5.48. The standard InChI is InChI=1S/C18H20FN5O3/c1-11(12-5-7-13(19)8-6-12)22(3)14(25)9-24-17(26)15-16(20-10-21(15)2)23(4)18(24)27/h5-8,10-11H,9H2,1-4H3/t11-/m0/s1. The molecule has 3 rings (SSSR count). The fourth-order valence-corrected chi connectivity index (χ4v) is 2.96. The van der Waals surface area contributed by atoms with Crippen molar-refractivity contribution < 1.29 is 9.18 Å². The van der Waals surface area contributed by atoms with Gasteiger partial charge < -0.3 is 9.47 Å². The molecule has 0 bridgehead atoms. The van der Waals surface area contributed by atoms with Crippen molar-refractivity contribution in [1.29, 1.82) is 0 Å². The second-order valence-corrected chi connectivity index (χ2v) is 6.49. The first kappa shape index (κ1) is 18.6. The summed E-state index contributed by atoms with van der Waals surface area (Å²) in [4.78, 5) is 43.4. The van der Waals surface area contributed by atoms with Crippen LogP contribution in [0.3, 0.4) is 0 Å². The number of likely N-dealkylation sites (N-methyl/N-ethyl adjacent to an activating group) is 1. The van der Waals surface area contributed by atoms with Gasteiger partial charge in [0.25, 0.3) is 5.56 Å². The van der Waals surface area contributed by atoms with Crippen molar-refractivity contribution in [2.45, 2.75) is 19.5 Å². The van der Waals surface area contributed by atoms with Gasteiger partial charge in [-0.1, -0.05) is 12.1 Å². The molecule has 0 unspecified atom stereocenters. The van der Waals surface area contributed by atoms with Gasteiger partial charge in [0.05, 0.1) is 12.4 Å². The van der Waals surface area contributed by atoms with E-state index in [9.17, 15) is 18.8 Å². The van der Waals surface area contributed by atoms with Crippen LogP contribution in [-0.4, -0.2) is 36.5 Å². The summed E-state index contributed by atoms with van der Waals surface area (Å²) in [7, 11) is 4.73. The summed E-state index contributed by atoms with van der Waals surface area (Å²) in [6.45, 7) is 1.39. The molecule has 0 aliphatic carbocycles. The fraction of sp³-hybridized carbons (Fsp3) is 0.333. The van der Waals surface area contributed by atoms with Gasteiger partial charge in [-0.25, -0.2) is 18.7 Å². The van der Waals surface area contributed by atoms with Crippen molar-refractivity contribution in [2.24, 2.45) is 14.1 Å². The molecule has 0 N–H and O–H groups in total. The van der Waals surface area contributed by atoms with Gasteiger partial charge in [-0.15, -0.1) is 0 Å². The Morgan fingerprint density at radius 1 is 1.22 bits per heavy atom. The minimum atomic E-state index is -0.609. The van der Waals surface area contributed by atoms with E-state index in [1.165, 1.54) is 39.5 Å². The van der Waals surface area contributed by atoms with Crippen LogP contribution in [0.25, 0.3) is 11.2 Å². The van der Waals surface area contributed by atoms with Gasteiger partial charge in [0.2, 0.25) is 5.91 Å². The molecule has 3 aromatic rings. The molecule has 27 heavy (non-hydrogen) atoms. The van der Waals surface area contributed by atoms with Crippen LogP contribution in [0.15, 0.2) is 40.2 Å². The van der Waals surface area contributed by atoms with E-state index in [2.05, 4.69) is 4.98 Å². The molecule has 2 aromatic heterocycles. The molecule has 0 spiro atoms. The minimum Gasteiger partial charge on any atom is -0.337 e. The number of fused-ring (bicyclic) bond motifs is 1. The molecule has 0 aliphatic rings. The van der Waals surface area contributed by atoms with E-state index in [1.54, 1.807) is 33.2 Å². The zero-order valence-electron chi connectivity index (χ0n) is 15.5. The quantitative estimate of drug-likeness (QED) is 0.677. The molecule has 2 heterocycles. The monoisotopic (exact) mass is 373 g/mol. The molecular formula is C18H20FN5O3. The topological polar surface area (TPSA) is 82.1 Å². The number of nitrogens with zero attached hydrogens (tertiary/aromatic N) is 5. The molecule has 0 radical (unpaired) electrons. The summed E-state index contributed by atoms with van der Waals surface area (Å²) in [5.74, 6) is -0.771. The average Bonchev–Trinajstić information content (AvgIpc) is 3.04. The number of hydrogen-bond acceptors (Lipinski definition) is 4. The lowest BCUT2D eigenvalue weighted by Gasteiger charge is -2.25. The van der Waals surface area contributed by atoms with Crippen LogP contribution in [0.1, 0.15) is 18.5 Å². The Kier molecular flexibility index (Phi) is 4.69. The molecule has 0 fully saturated rings. The third-order valence-corrected chi connectivity index (χ3v) is 4.82. The molecule has 1 aromatic carbocycles. The van der Waals surface area contributed by atoms with Crippen LogP contribution in [-0.2, 0) is 25.4 Å². The zero-order chi connectivity index (χ0) is 19.9. The number of hydrogen-bond donors (Lipinski definition) is 0. The lowest BCUT2D eigenvalue weighted by molar-refractivity contribution is -0.132. The molecule has 142 valence electrons. The number of aryl methyl sites for hydroxylation is 2. The summed E-state index contributed by atoms with van der Waals surface area (Å²) in [5.41, 5.74) is 0.0876. The summed E-state index contributed by atoms with van der Waals surface area (Å²) in [6.07, 6.45) is 1.44. The number of amides is 1. The Hall–Kier alpha value is -3.23. The highest BCUT2D eigenvalue weighted by Gasteiger charge is 2.21. The second-order valence-electron chi connectivity index (χ2n) is 6.49.